The van der Waals surface area contributed by atoms with Crippen LogP contribution in [0.15, 0.2) is 78.9 Å². The zero-order valence-electron chi connectivity index (χ0n) is 21.0. The van der Waals surface area contributed by atoms with Crippen molar-refractivity contribution in [2.45, 2.75) is 33.1 Å². The standard InChI is InChI=1S/C16H20N2O2.C14H13NO/c1-3-4-5-13-11-14(18-17-13)8-6-12-7-9-15(19)16(10-12)20-2;1-11-6-5-7-12(10-11)14(16)15-13-8-3-2-4-9-13/h6-11,19H,3-5H2,1-2H3,(H,17,18);2-10H,1H3,(H,15,16)/b8-6+;. The van der Waals surface area contributed by atoms with Crippen LogP contribution in [-0.2, 0) is 6.42 Å². The van der Waals surface area contributed by atoms with Gasteiger partial charge in [0.1, 0.15) is 0 Å². The summed E-state index contributed by atoms with van der Waals surface area (Å²) in [5, 5.41) is 19.7. The van der Waals surface area contributed by atoms with Crippen molar-refractivity contribution in [1.29, 1.82) is 0 Å². The van der Waals surface area contributed by atoms with Crippen molar-refractivity contribution in [1.82, 2.24) is 10.2 Å². The van der Waals surface area contributed by atoms with Gasteiger partial charge >= 0.3 is 0 Å². The number of hydrogen-bond donors (Lipinski definition) is 3. The Bertz CT molecular complexity index is 1280. The van der Waals surface area contributed by atoms with Crippen LogP contribution in [0.5, 0.6) is 11.5 Å². The van der Waals surface area contributed by atoms with Crippen LogP contribution in [0, 0.1) is 6.92 Å². The lowest BCUT2D eigenvalue weighted by molar-refractivity contribution is 0.102. The lowest BCUT2D eigenvalue weighted by Crippen LogP contribution is -2.11. The number of benzene rings is 3. The summed E-state index contributed by atoms with van der Waals surface area (Å²) in [6, 6.07) is 24.3. The minimum atomic E-state index is -0.0742. The molecule has 6 heteroatoms. The summed E-state index contributed by atoms with van der Waals surface area (Å²) in [5.41, 5.74) is 5.61. The minimum Gasteiger partial charge on any atom is -0.504 e. The molecule has 0 spiro atoms. The van der Waals surface area contributed by atoms with Gasteiger partial charge in [-0.3, -0.25) is 9.89 Å². The van der Waals surface area contributed by atoms with Crippen LogP contribution >= 0.6 is 0 Å². The van der Waals surface area contributed by atoms with Gasteiger partial charge < -0.3 is 15.2 Å². The second-order valence-corrected chi connectivity index (χ2v) is 8.38. The van der Waals surface area contributed by atoms with Gasteiger partial charge in [-0.05, 0) is 73.9 Å². The number of hydrogen-bond acceptors (Lipinski definition) is 4. The van der Waals surface area contributed by atoms with Crippen LogP contribution in [0.2, 0.25) is 0 Å². The number of methoxy groups -OCH3 is 1. The van der Waals surface area contributed by atoms with Crippen LogP contribution < -0.4 is 10.1 Å². The van der Waals surface area contributed by atoms with E-state index in [2.05, 4.69) is 28.5 Å². The molecule has 0 atom stereocenters. The molecule has 1 amide bonds. The van der Waals surface area contributed by atoms with Crippen LogP contribution in [-0.4, -0.2) is 28.3 Å². The number of aromatic amines is 1. The number of ether oxygens (including phenoxy) is 1. The van der Waals surface area contributed by atoms with E-state index in [0.717, 1.165) is 34.6 Å². The normalized spacial score (nSPS) is 10.5. The number of anilines is 1. The number of H-pyrrole nitrogens is 1. The number of rotatable bonds is 8. The van der Waals surface area contributed by atoms with Gasteiger partial charge in [-0.15, -0.1) is 0 Å². The maximum atomic E-state index is 11.9. The van der Waals surface area contributed by atoms with Crippen LogP contribution in [0.25, 0.3) is 12.2 Å². The lowest BCUT2D eigenvalue weighted by atomic mass is 10.1. The van der Waals surface area contributed by atoms with Gasteiger partial charge in [0.15, 0.2) is 11.5 Å². The third kappa shape index (κ3) is 8.17. The monoisotopic (exact) mass is 483 g/mol. The van der Waals surface area contributed by atoms with Gasteiger partial charge in [0.05, 0.1) is 12.8 Å². The number of phenols is 1. The van der Waals surface area contributed by atoms with E-state index in [1.165, 1.54) is 20.0 Å². The average Bonchev–Trinajstić information content (AvgIpc) is 3.36. The fourth-order valence-electron chi connectivity index (χ4n) is 3.45. The number of amides is 1. The Hall–Kier alpha value is -4.32. The highest BCUT2D eigenvalue weighted by atomic mass is 16.5. The van der Waals surface area contributed by atoms with Crippen molar-refractivity contribution >= 4 is 23.7 Å². The molecule has 0 saturated heterocycles. The van der Waals surface area contributed by atoms with Crippen molar-refractivity contribution in [3.63, 3.8) is 0 Å². The number of phenolic OH excluding ortho intramolecular Hbond substituents is 1. The molecule has 0 radical (unpaired) electrons. The van der Waals surface area contributed by atoms with E-state index < -0.39 is 0 Å². The van der Waals surface area contributed by atoms with E-state index in [1.54, 1.807) is 12.1 Å². The third-order valence-electron chi connectivity index (χ3n) is 5.41. The van der Waals surface area contributed by atoms with Crippen LogP contribution in [0.4, 0.5) is 5.69 Å². The third-order valence-corrected chi connectivity index (χ3v) is 5.41. The van der Waals surface area contributed by atoms with E-state index in [4.69, 9.17) is 4.74 Å². The van der Waals surface area contributed by atoms with E-state index in [9.17, 15) is 9.90 Å². The first-order chi connectivity index (χ1) is 17.5. The second-order valence-electron chi connectivity index (χ2n) is 8.38. The summed E-state index contributed by atoms with van der Waals surface area (Å²) in [7, 11) is 1.54. The van der Waals surface area contributed by atoms with Gasteiger partial charge in [-0.1, -0.05) is 61.4 Å². The number of nitrogens with one attached hydrogen (secondary N) is 2. The summed E-state index contributed by atoms with van der Waals surface area (Å²) in [4.78, 5) is 11.9. The number of nitrogens with zero attached hydrogens (tertiary/aromatic N) is 1. The number of aryl methyl sites for hydroxylation is 2. The highest BCUT2D eigenvalue weighted by Crippen LogP contribution is 2.27. The maximum Gasteiger partial charge on any atom is 0.255 e. The van der Waals surface area contributed by atoms with E-state index in [0.29, 0.717) is 11.3 Å². The minimum absolute atomic E-state index is 0.0742. The highest BCUT2D eigenvalue weighted by Gasteiger charge is 2.05. The van der Waals surface area contributed by atoms with Crippen molar-refractivity contribution in [3.8, 4) is 11.5 Å². The first-order valence-corrected chi connectivity index (χ1v) is 12.0. The fourth-order valence-corrected chi connectivity index (χ4v) is 3.45. The van der Waals surface area contributed by atoms with Gasteiger partial charge in [-0.2, -0.15) is 5.10 Å². The molecule has 0 unspecified atom stereocenters. The van der Waals surface area contributed by atoms with Crippen molar-refractivity contribution in [2.75, 3.05) is 12.4 Å². The van der Waals surface area contributed by atoms with Gasteiger partial charge in [0.2, 0.25) is 0 Å². The smallest absolute Gasteiger partial charge is 0.255 e. The predicted octanol–water partition coefficient (Wildman–Crippen LogP) is 6.88. The molecule has 186 valence electrons. The molecule has 6 nitrogen and oxygen atoms in total. The van der Waals surface area contributed by atoms with E-state index in [1.807, 2.05) is 79.7 Å². The molecule has 0 fully saturated rings. The Morgan fingerprint density at radius 1 is 1.03 bits per heavy atom. The van der Waals surface area contributed by atoms with Gasteiger partial charge in [0.25, 0.3) is 5.91 Å². The zero-order chi connectivity index (χ0) is 25.8. The summed E-state index contributed by atoms with van der Waals surface area (Å²) >= 11 is 0. The molecular weight excluding hydrogens is 450 g/mol. The molecule has 0 saturated carbocycles. The quantitative estimate of drug-likeness (QED) is 0.255. The van der Waals surface area contributed by atoms with Crippen molar-refractivity contribution < 1.29 is 14.6 Å². The SMILES string of the molecule is CCCCc1cc(/C=C/c2ccc(O)c(OC)c2)n[nH]1.Cc1cccc(C(=O)Nc2ccccc2)c1. The maximum absolute atomic E-state index is 11.9. The number of carbonyl (C=O) groups is 1. The number of aromatic hydroxyl groups is 1. The Kier molecular flexibility index (Phi) is 9.89. The van der Waals surface area contributed by atoms with Crippen molar-refractivity contribution in [3.05, 3.63) is 107 Å². The molecule has 4 rings (SSSR count). The summed E-state index contributed by atoms with van der Waals surface area (Å²) in [5.74, 6) is 0.541. The van der Waals surface area contributed by atoms with Crippen LogP contribution in [0.1, 0.15) is 52.6 Å². The molecular formula is C30H33N3O3. The Morgan fingerprint density at radius 3 is 2.56 bits per heavy atom. The largest absolute Gasteiger partial charge is 0.504 e. The van der Waals surface area contributed by atoms with Crippen LogP contribution in [0.3, 0.4) is 0 Å². The first-order valence-electron chi connectivity index (χ1n) is 12.0. The highest BCUT2D eigenvalue weighted by molar-refractivity contribution is 6.04. The fraction of sp³-hybridized carbons (Fsp3) is 0.200. The first kappa shape index (κ1) is 26.3. The Balaban J connectivity index is 0.000000205. The number of unbranched alkanes of at least 4 members (excludes halogenated alkanes) is 1. The molecule has 36 heavy (non-hydrogen) atoms. The molecule has 1 aromatic heterocycles. The summed E-state index contributed by atoms with van der Waals surface area (Å²) in [6.07, 6.45) is 7.27. The molecule has 4 aromatic rings. The predicted molar refractivity (Wildman–Crippen MR) is 146 cm³/mol. The summed E-state index contributed by atoms with van der Waals surface area (Å²) in [6.45, 7) is 4.15. The number of para-hydroxylation sites is 1. The zero-order valence-corrected chi connectivity index (χ0v) is 21.0. The van der Waals surface area contributed by atoms with Gasteiger partial charge in [0, 0.05) is 16.9 Å². The topological polar surface area (TPSA) is 87.2 Å². The molecule has 0 aliphatic carbocycles. The summed E-state index contributed by atoms with van der Waals surface area (Å²) < 4.78 is 5.08. The molecule has 1 heterocycles. The van der Waals surface area contributed by atoms with E-state index in [-0.39, 0.29) is 11.7 Å². The average molecular weight is 484 g/mol. The Morgan fingerprint density at radius 2 is 1.83 bits per heavy atom. The molecule has 0 aliphatic rings. The van der Waals surface area contributed by atoms with Crippen molar-refractivity contribution in [2.24, 2.45) is 0 Å². The number of carbonyl (C=O) groups excluding carboxylic acids is 1. The number of aromatic nitrogens is 2. The molecule has 0 bridgehead atoms. The molecule has 3 aromatic carbocycles. The molecule has 0 aliphatic heterocycles. The van der Waals surface area contributed by atoms with Gasteiger partial charge in [-0.25, -0.2) is 0 Å². The van der Waals surface area contributed by atoms with E-state index >= 15 is 0 Å². The second kappa shape index (κ2) is 13.5. The molecule has 3 N–H and O–H groups in total. The lowest BCUT2D eigenvalue weighted by Gasteiger charge is -2.05. The Labute approximate surface area is 212 Å².